The number of amides is 1. The molecule has 20 heavy (non-hydrogen) atoms. The van der Waals surface area contributed by atoms with Crippen molar-refractivity contribution in [2.75, 3.05) is 18.9 Å². The molecule has 2 aromatic rings. The number of carbonyl (C=O) groups excluding carboxylic acids is 1. The van der Waals surface area contributed by atoms with Crippen LogP contribution in [0.25, 0.3) is 10.1 Å². The lowest BCUT2D eigenvalue weighted by Crippen LogP contribution is -2.51. The lowest BCUT2D eigenvalue weighted by molar-refractivity contribution is 0.0728. The average Bonchev–Trinajstić information content (AvgIpc) is 2.78. The molecule has 0 saturated heterocycles. The summed E-state index contributed by atoms with van der Waals surface area (Å²) in [6, 6.07) is 5.74. The molecule has 0 aliphatic rings. The quantitative estimate of drug-likeness (QED) is 0.683. The van der Waals surface area contributed by atoms with Crippen LogP contribution in [0.5, 0.6) is 0 Å². The first-order valence-electron chi connectivity index (χ1n) is 6.23. The van der Waals surface area contributed by atoms with Crippen LogP contribution in [0.15, 0.2) is 18.2 Å². The van der Waals surface area contributed by atoms with Crippen molar-refractivity contribution in [3.05, 3.63) is 28.6 Å². The van der Waals surface area contributed by atoms with E-state index in [4.69, 9.17) is 5.73 Å². The van der Waals surface area contributed by atoms with Gasteiger partial charge in [0.25, 0.3) is 5.91 Å². The van der Waals surface area contributed by atoms with Gasteiger partial charge in [0.2, 0.25) is 0 Å². The molecule has 0 aliphatic heterocycles. The molecule has 0 bridgehead atoms. The number of nitrogen functional groups attached to an aromatic ring is 1. The fraction of sp³-hybridized carbons (Fsp3) is 0.357. The number of rotatable bonds is 4. The molecule has 1 aromatic carbocycles. The van der Waals surface area contributed by atoms with Crippen molar-refractivity contribution >= 4 is 33.0 Å². The second-order valence-corrected chi connectivity index (χ2v) is 6.15. The highest BCUT2D eigenvalue weighted by Gasteiger charge is 2.27. The Morgan fingerprint density at radius 2 is 2.05 bits per heavy atom. The molecule has 0 aliphatic carbocycles. The molecular formula is C14H18N2O3S. The highest BCUT2D eigenvalue weighted by molar-refractivity contribution is 7.21. The van der Waals surface area contributed by atoms with E-state index in [1.807, 2.05) is 25.1 Å². The lowest BCUT2D eigenvalue weighted by Gasteiger charge is -2.25. The Morgan fingerprint density at radius 3 is 2.60 bits per heavy atom. The molecule has 2 rings (SSSR count). The number of carbonyl (C=O) groups is 1. The summed E-state index contributed by atoms with van der Waals surface area (Å²) in [5.41, 5.74) is 6.47. The van der Waals surface area contributed by atoms with E-state index in [0.29, 0.717) is 10.6 Å². The van der Waals surface area contributed by atoms with E-state index in [1.54, 1.807) is 6.92 Å². The predicted octanol–water partition coefficient (Wildman–Crippen LogP) is 1.27. The number of hydrogen-bond donors (Lipinski definition) is 4. The summed E-state index contributed by atoms with van der Waals surface area (Å²) in [6.45, 7) is 2.84. The predicted molar refractivity (Wildman–Crippen MR) is 81.0 cm³/mol. The van der Waals surface area contributed by atoms with Crippen LogP contribution in [0.4, 0.5) is 5.69 Å². The Hall–Kier alpha value is -1.63. The van der Waals surface area contributed by atoms with Crippen LogP contribution in [-0.2, 0) is 0 Å². The number of aliphatic hydroxyl groups is 2. The Balaban J connectivity index is 2.41. The van der Waals surface area contributed by atoms with E-state index in [-0.39, 0.29) is 19.1 Å². The van der Waals surface area contributed by atoms with E-state index >= 15 is 0 Å². The maximum Gasteiger partial charge on any atom is 0.264 e. The van der Waals surface area contributed by atoms with Crippen LogP contribution in [0.1, 0.15) is 22.2 Å². The Morgan fingerprint density at radius 1 is 1.40 bits per heavy atom. The molecule has 0 unspecified atom stereocenters. The summed E-state index contributed by atoms with van der Waals surface area (Å²) in [5.74, 6) is -0.381. The minimum absolute atomic E-state index is 0.348. The normalized spacial score (nSPS) is 11.8. The minimum atomic E-state index is -1.06. The van der Waals surface area contributed by atoms with Crippen LogP contribution in [-0.4, -0.2) is 34.9 Å². The monoisotopic (exact) mass is 294 g/mol. The minimum Gasteiger partial charge on any atom is -0.397 e. The number of fused-ring (bicyclic) bond motifs is 1. The van der Waals surface area contributed by atoms with Gasteiger partial charge < -0.3 is 21.3 Å². The van der Waals surface area contributed by atoms with Gasteiger partial charge in [0.15, 0.2) is 0 Å². The second kappa shape index (κ2) is 5.40. The molecule has 6 heteroatoms. The average molecular weight is 294 g/mol. The van der Waals surface area contributed by atoms with Crippen LogP contribution < -0.4 is 11.1 Å². The summed E-state index contributed by atoms with van der Waals surface area (Å²) >= 11 is 1.32. The SMILES string of the molecule is Cc1cccc2c(N)c(C(=O)NC(C)(CO)CO)sc12. The van der Waals surface area contributed by atoms with Crippen LogP contribution >= 0.6 is 11.3 Å². The maximum absolute atomic E-state index is 12.3. The summed E-state index contributed by atoms with van der Waals surface area (Å²) < 4.78 is 0.977. The van der Waals surface area contributed by atoms with Crippen LogP contribution in [0.3, 0.4) is 0 Å². The van der Waals surface area contributed by atoms with Crippen molar-refractivity contribution < 1.29 is 15.0 Å². The summed E-state index contributed by atoms with van der Waals surface area (Å²) in [6.07, 6.45) is 0. The molecule has 0 spiro atoms. The maximum atomic E-state index is 12.3. The van der Waals surface area contributed by atoms with Crippen molar-refractivity contribution in [3.63, 3.8) is 0 Å². The van der Waals surface area contributed by atoms with Crippen molar-refractivity contribution in [1.82, 2.24) is 5.32 Å². The largest absolute Gasteiger partial charge is 0.397 e. The van der Waals surface area contributed by atoms with Gasteiger partial charge in [-0.25, -0.2) is 0 Å². The molecule has 0 radical (unpaired) electrons. The van der Waals surface area contributed by atoms with Gasteiger partial charge in [0, 0.05) is 10.1 Å². The Labute approximate surface area is 121 Å². The van der Waals surface area contributed by atoms with E-state index in [0.717, 1.165) is 15.6 Å². The van der Waals surface area contributed by atoms with Gasteiger partial charge >= 0.3 is 0 Å². The van der Waals surface area contributed by atoms with Gasteiger partial charge in [-0.1, -0.05) is 18.2 Å². The molecule has 0 fully saturated rings. The number of aliphatic hydroxyl groups excluding tert-OH is 2. The molecule has 108 valence electrons. The molecule has 0 atom stereocenters. The summed E-state index contributed by atoms with van der Waals surface area (Å²) in [5, 5.41) is 21.9. The van der Waals surface area contributed by atoms with Crippen molar-refractivity contribution in [3.8, 4) is 0 Å². The van der Waals surface area contributed by atoms with Gasteiger partial charge in [-0.2, -0.15) is 0 Å². The summed E-state index contributed by atoms with van der Waals surface area (Å²) in [7, 11) is 0. The third-order valence-corrected chi connectivity index (χ3v) is 4.63. The fourth-order valence-electron chi connectivity index (χ4n) is 1.91. The van der Waals surface area contributed by atoms with Crippen LogP contribution in [0.2, 0.25) is 0 Å². The summed E-state index contributed by atoms with van der Waals surface area (Å²) in [4.78, 5) is 12.7. The van der Waals surface area contributed by atoms with Crippen molar-refractivity contribution in [1.29, 1.82) is 0 Å². The Kier molecular flexibility index (Phi) is 3.99. The van der Waals surface area contributed by atoms with Gasteiger partial charge in [0.05, 0.1) is 24.4 Å². The van der Waals surface area contributed by atoms with E-state index in [2.05, 4.69) is 5.32 Å². The number of nitrogens with one attached hydrogen (secondary N) is 1. The van der Waals surface area contributed by atoms with E-state index in [9.17, 15) is 15.0 Å². The molecule has 5 N–H and O–H groups in total. The molecule has 5 nitrogen and oxygen atoms in total. The van der Waals surface area contributed by atoms with Gasteiger partial charge in [0.1, 0.15) is 4.88 Å². The zero-order valence-electron chi connectivity index (χ0n) is 11.4. The topological polar surface area (TPSA) is 95.6 Å². The molecular weight excluding hydrogens is 276 g/mol. The van der Waals surface area contributed by atoms with Gasteiger partial charge in [-0.05, 0) is 19.4 Å². The van der Waals surface area contributed by atoms with Crippen LogP contribution in [0, 0.1) is 6.92 Å². The molecule has 0 saturated carbocycles. The fourth-order valence-corrected chi connectivity index (χ4v) is 2.99. The second-order valence-electron chi connectivity index (χ2n) is 5.13. The molecule has 1 aromatic heterocycles. The highest BCUT2D eigenvalue weighted by atomic mass is 32.1. The zero-order chi connectivity index (χ0) is 14.9. The number of hydrogen-bond acceptors (Lipinski definition) is 5. The number of benzene rings is 1. The molecule has 1 amide bonds. The van der Waals surface area contributed by atoms with E-state index < -0.39 is 5.54 Å². The standard InChI is InChI=1S/C14H18N2O3S/c1-8-4-3-5-9-10(15)12(20-11(8)9)13(19)16-14(2,6-17)7-18/h3-5,17-18H,6-7,15H2,1-2H3,(H,16,19). The zero-order valence-corrected chi connectivity index (χ0v) is 12.3. The van der Waals surface area contributed by atoms with E-state index in [1.165, 1.54) is 11.3 Å². The third kappa shape index (κ3) is 2.49. The smallest absolute Gasteiger partial charge is 0.264 e. The number of nitrogens with two attached hydrogens (primary N) is 1. The van der Waals surface area contributed by atoms with Crippen molar-refractivity contribution in [2.45, 2.75) is 19.4 Å². The number of anilines is 1. The Bertz CT molecular complexity index is 647. The van der Waals surface area contributed by atoms with Gasteiger partial charge in [-0.3, -0.25) is 4.79 Å². The first kappa shape index (κ1) is 14.8. The van der Waals surface area contributed by atoms with Gasteiger partial charge in [-0.15, -0.1) is 11.3 Å². The molecule has 1 heterocycles. The van der Waals surface area contributed by atoms with Crippen molar-refractivity contribution in [2.24, 2.45) is 0 Å². The highest BCUT2D eigenvalue weighted by Crippen LogP contribution is 2.35. The number of thiophene rings is 1. The first-order valence-corrected chi connectivity index (χ1v) is 7.05. The third-order valence-electron chi connectivity index (χ3n) is 3.27. The number of aryl methyl sites for hydroxylation is 1. The first-order chi connectivity index (χ1) is 9.41. The lowest BCUT2D eigenvalue weighted by atomic mass is 10.1.